The number of benzene rings is 1. The van der Waals surface area contributed by atoms with Crippen molar-refractivity contribution < 1.29 is 9.53 Å². The molecule has 1 amide bonds. The van der Waals surface area contributed by atoms with Gasteiger partial charge in [0.1, 0.15) is 0 Å². The van der Waals surface area contributed by atoms with Crippen LogP contribution in [0.2, 0.25) is 5.02 Å². The number of nitrogens with zero attached hydrogens (tertiary/aromatic N) is 1. The second kappa shape index (κ2) is 6.23. The Morgan fingerprint density at radius 3 is 3.11 bits per heavy atom. The average molecular weight is 284 g/mol. The van der Waals surface area contributed by atoms with Gasteiger partial charge in [-0.05, 0) is 25.2 Å². The molecule has 0 bridgehead atoms. The van der Waals surface area contributed by atoms with Crippen LogP contribution in [0.1, 0.15) is 10.4 Å². The number of halogens is 1. The van der Waals surface area contributed by atoms with E-state index >= 15 is 0 Å². The lowest BCUT2D eigenvalue weighted by molar-refractivity contribution is -0.0174. The molecule has 1 heterocycles. The van der Waals surface area contributed by atoms with Crippen LogP contribution in [0.15, 0.2) is 18.2 Å². The number of nitrogens with two attached hydrogens (primary N) is 1. The molecule has 104 valence electrons. The first-order valence-electron chi connectivity index (χ1n) is 6.19. The Kier molecular flexibility index (Phi) is 4.63. The molecule has 1 atom stereocenters. The Hall–Kier alpha value is -1.30. The van der Waals surface area contributed by atoms with Crippen molar-refractivity contribution in [3.05, 3.63) is 28.8 Å². The van der Waals surface area contributed by atoms with Crippen LogP contribution in [0, 0.1) is 0 Å². The van der Waals surface area contributed by atoms with Gasteiger partial charge in [-0.2, -0.15) is 0 Å². The van der Waals surface area contributed by atoms with E-state index in [2.05, 4.69) is 10.2 Å². The van der Waals surface area contributed by atoms with E-state index in [9.17, 15) is 4.79 Å². The molecule has 19 heavy (non-hydrogen) atoms. The molecule has 1 aromatic carbocycles. The smallest absolute Gasteiger partial charge is 0.253 e. The maximum atomic E-state index is 12.0. The van der Waals surface area contributed by atoms with E-state index in [1.807, 2.05) is 7.05 Å². The summed E-state index contributed by atoms with van der Waals surface area (Å²) in [6.45, 7) is 2.91. The molecule has 1 aromatic rings. The summed E-state index contributed by atoms with van der Waals surface area (Å²) in [5.41, 5.74) is 6.59. The number of morpholine rings is 1. The van der Waals surface area contributed by atoms with Gasteiger partial charge < -0.3 is 20.7 Å². The molecule has 3 N–H and O–H groups in total. The number of amides is 1. The third kappa shape index (κ3) is 3.83. The van der Waals surface area contributed by atoms with Gasteiger partial charge in [-0.15, -0.1) is 0 Å². The zero-order chi connectivity index (χ0) is 13.8. The Balaban J connectivity index is 1.90. The van der Waals surface area contributed by atoms with E-state index in [1.165, 1.54) is 0 Å². The summed E-state index contributed by atoms with van der Waals surface area (Å²) >= 11 is 5.80. The van der Waals surface area contributed by atoms with Gasteiger partial charge in [0.15, 0.2) is 0 Å². The number of likely N-dealkylation sites (N-methyl/N-ethyl adjacent to an activating group) is 1. The Labute approximate surface area is 117 Å². The second-order valence-corrected chi connectivity index (χ2v) is 5.13. The number of carbonyl (C=O) groups is 1. The molecule has 0 aromatic heterocycles. The molecule has 1 unspecified atom stereocenters. The fourth-order valence-corrected chi connectivity index (χ4v) is 2.21. The van der Waals surface area contributed by atoms with Crippen LogP contribution in [0.3, 0.4) is 0 Å². The topological polar surface area (TPSA) is 67.6 Å². The largest absolute Gasteiger partial charge is 0.398 e. The van der Waals surface area contributed by atoms with Crippen LogP contribution in [0.25, 0.3) is 0 Å². The monoisotopic (exact) mass is 283 g/mol. The summed E-state index contributed by atoms with van der Waals surface area (Å²) < 4.78 is 5.58. The normalized spacial score (nSPS) is 20.2. The Morgan fingerprint density at radius 2 is 2.42 bits per heavy atom. The predicted molar refractivity (Wildman–Crippen MR) is 75.4 cm³/mol. The molecule has 0 saturated carbocycles. The fraction of sp³-hybridized carbons (Fsp3) is 0.462. The maximum absolute atomic E-state index is 12.0. The lowest BCUT2D eigenvalue weighted by Gasteiger charge is -2.30. The van der Waals surface area contributed by atoms with E-state index in [-0.39, 0.29) is 12.0 Å². The minimum atomic E-state index is -0.203. The van der Waals surface area contributed by atoms with Crippen LogP contribution in [0.5, 0.6) is 0 Å². The van der Waals surface area contributed by atoms with Crippen LogP contribution in [0.4, 0.5) is 5.69 Å². The van der Waals surface area contributed by atoms with Gasteiger partial charge in [0.05, 0.1) is 18.3 Å². The lowest BCUT2D eigenvalue weighted by atomic mass is 10.1. The predicted octanol–water partition coefficient (Wildman–Crippen LogP) is 0.983. The summed E-state index contributed by atoms with van der Waals surface area (Å²) in [5, 5.41) is 3.36. The van der Waals surface area contributed by atoms with E-state index in [1.54, 1.807) is 18.2 Å². The molecule has 0 radical (unpaired) electrons. The van der Waals surface area contributed by atoms with Crippen LogP contribution in [-0.4, -0.2) is 50.2 Å². The van der Waals surface area contributed by atoms with Crippen molar-refractivity contribution in [2.75, 3.05) is 39.0 Å². The highest BCUT2D eigenvalue weighted by atomic mass is 35.5. The summed E-state index contributed by atoms with van der Waals surface area (Å²) in [7, 11) is 2.04. The number of hydrogen-bond acceptors (Lipinski definition) is 4. The number of ether oxygens (including phenoxy) is 1. The van der Waals surface area contributed by atoms with Crippen LogP contribution < -0.4 is 11.1 Å². The minimum Gasteiger partial charge on any atom is -0.398 e. The molecular formula is C13H18ClN3O2. The maximum Gasteiger partial charge on any atom is 0.253 e. The zero-order valence-electron chi connectivity index (χ0n) is 10.9. The van der Waals surface area contributed by atoms with Crippen molar-refractivity contribution in [2.45, 2.75) is 6.10 Å². The molecule has 1 aliphatic heterocycles. The number of nitrogens with one attached hydrogen (secondary N) is 1. The molecule has 1 fully saturated rings. The SMILES string of the molecule is CN1CCOC(CNC(=O)c2ccc(Cl)cc2N)C1. The molecule has 1 aliphatic rings. The van der Waals surface area contributed by atoms with Crippen LogP contribution >= 0.6 is 11.6 Å². The van der Waals surface area contributed by atoms with Crippen molar-refractivity contribution >= 4 is 23.2 Å². The minimum absolute atomic E-state index is 0.0243. The molecule has 0 aliphatic carbocycles. The van der Waals surface area contributed by atoms with Crippen LogP contribution in [-0.2, 0) is 4.74 Å². The number of carbonyl (C=O) groups excluding carboxylic acids is 1. The highest BCUT2D eigenvalue weighted by molar-refractivity contribution is 6.31. The summed E-state index contributed by atoms with van der Waals surface area (Å²) in [6, 6.07) is 4.85. The number of hydrogen-bond donors (Lipinski definition) is 2. The first kappa shape index (κ1) is 14.1. The third-order valence-electron chi connectivity index (χ3n) is 3.09. The van der Waals surface area contributed by atoms with Crippen molar-refractivity contribution in [3.63, 3.8) is 0 Å². The first-order valence-corrected chi connectivity index (χ1v) is 6.57. The molecular weight excluding hydrogens is 266 g/mol. The summed E-state index contributed by atoms with van der Waals surface area (Å²) in [4.78, 5) is 14.2. The van der Waals surface area contributed by atoms with E-state index in [0.29, 0.717) is 29.4 Å². The van der Waals surface area contributed by atoms with E-state index in [0.717, 1.165) is 13.1 Å². The number of anilines is 1. The summed E-state index contributed by atoms with van der Waals surface area (Å²) in [6.07, 6.45) is 0.0243. The molecule has 0 spiro atoms. The standard InChI is InChI=1S/C13H18ClN3O2/c1-17-4-5-19-10(8-17)7-16-13(18)11-3-2-9(14)6-12(11)15/h2-3,6,10H,4-5,7-8,15H2,1H3,(H,16,18). The van der Waals surface area contributed by atoms with Crippen molar-refractivity contribution in [3.8, 4) is 0 Å². The second-order valence-electron chi connectivity index (χ2n) is 4.70. The number of rotatable bonds is 3. The van der Waals surface area contributed by atoms with Gasteiger partial charge >= 0.3 is 0 Å². The molecule has 6 heteroatoms. The lowest BCUT2D eigenvalue weighted by Crippen LogP contribution is -2.46. The Morgan fingerprint density at radius 1 is 1.63 bits per heavy atom. The van der Waals surface area contributed by atoms with Crippen molar-refractivity contribution in [2.24, 2.45) is 0 Å². The van der Waals surface area contributed by atoms with E-state index in [4.69, 9.17) is 22.1 Å². The molecule has 5 nitrogen and oxygen atoms in total. The van der Waals surface area contributed by atoms with Gasteiger partial charge in [-0.1, -0.05) is 11.6 Å². The van der Waals surface area contributed by atoms with Gasteiger partial charge in [-0.3, -0.25) is 4.79 Å². The highest BCUT2D eigenvalue weighted by Gasteiger charge is 2.19. The first-order chi connectivity index (χ1) is 9.06. The zero-order valence-corrected chi connectivity index (χ0v) is 11.6. The summed E-state index contributed by atoms with van der Waals surface area (Å²) in [5.74, 6) is -0.203. The third-order valence-corrected chi connectivity index (χ3v) is 3.33. The average Bonchev–Trinajstić information content (AvgIpc) is 2.36. The fourth-order valence-electron chi connectivity index (χ4n) is 2.03. The van der Waals surface area contributed by atoms with Gasteiger partial charge in [0, 0.05) is 30.3 Å². The number of nitrogen functional groups attached to an aromatic ring is 1. The van der Waals surface area contributed by atoms with Gasteiger partial charge in [0.25, 0.3) is 5.91 Å². The van der Waals surface area contributed by atoms with E-state index < -0.39 is 0 Å². The molecule has 2 rings (SSSR count). The van der Waals surface area contributed by atoms with Crippen molar-refractivity contribution in [1.82, 2.24) is 10.2 Å². The quantitative estimate of drug-likeness (QED) is 0.812. The Bertz CT molecular complexity index is 467. The van der Waals surface area contributed by atoms with Gasteiger partial charge in [-0.25, -0.2) is 0 Å². The van der Waals surface area contributed by atoms with Crippen molar-refractivity contribution in [1.29, 1.82) is 0 Å². The van der Waals surface area contributed by atoms with Gasteiger partial charge in [0.2, 0.25) is 0 Å². The molecule has 1 saturated heterocycles. The highest BCUT2D eigenvalue weighted by Crippen LogP contribution is 2.17.